The molecule has 17 heavy (non-hydrogen) atoms. The van der Waals surface area contributed by atoms with Gasteiger partial charge in [-0.15, -0.1) is 0 Å². The number of benzene rings is 1. The zero-order chi connectivity index (χ0) is 12.6. The molecule has 3 nitrogen and oxygen atoms in total. The molecule has 0 saturated heterocycles. The smallest absolute Gasteiger partial charge is 0.337 e. The molecule has 2 aromatic rings. The number of hydrogen-bond acceptors (Lipinski definition) is 1. The highest BCUT2D eigenvalue weighted by molar-refractivity contribution is 9.10. The van der Waals surface area contributed by atoms with Gasteiger partial charge in [0, 0.05) is 22.9 Å². The molecule has 0 amide bonds. The van der Waals surface area contributed by atoms with Crippen molar-refractivity contribution in [3.8, 4) is 11.3 Å². The van der Waals surface area contributed by atoms with Crippen molar-refractivity contribution >= 4 is 21.9 Å². The van der Waals surface area contributed by atoms with E-state index in [1.807, 2.05) is 42.8 Å². The van der Waals surface area contributed by atoms with Crippen LogP contribution in [0.15, 0.2) is 34.8 Å². The molecule has 0 radical (unpaired) electrons. The number of aromatic nitrogens is 1. The van der Waals surface area contributed by atoms with Gasteiger partial charge in [-0.3, -0.25) is 0 Å². The van der Waals surface area contributed by atoms with Crippen LogP contribution in [0.3, 0.4) is 0 Å². The molecule has 0 aliphatic rings. The van der Waals surface area contributed by atoms with Gasteiger partial charge in [0.1, 0.15) is 0 Å². The average molecular weight is 294 g/mol. The van der Waals surface area contributed by atoms with Crippen LogP contribution in [0.5, 0.6) is 0 Å². The molecule has 0 fully saturated rings. The van der Waals surface area contributed by atoms with E-state index in [0.717, 1.165) is 21.4 Å². The molecule has 0 aliphatic carbocycles. The van der Waals surface area contributed by atoms with Crippen LogP contribution < -0.4 is 0 Å². The minimum Gasteiger partial charge on any atom is -0.478 e. The van der Waals surface area contributed by atoms with E-state index in [9.17, 15) is 4.79 Å². The average Bonchev–Trinajstić information content (AvgIpc) is 2.58. The predicted molar refractivity (Wildman–Crippen MR) is 70.2 cm³/mol. The van der Waals surface area contributed by atoms with Gasteiger partial charge in [0.05, 0.1) is 5.56 Å². The maximum Gasteiger partial charge on any atom is 0.337 e. The summed E-state index contributed by atoms with van der Waals surface area (Å²) in [6.45, 7) is 1.81. The molecular weight excluding hydrogens is 282 g/mol. The summed E-state index contributed by atoms with van der Waals surface area (Å²) in [4.78, 5) is 11.1. The van der Waals surface area contributed by atoms with E-state index in [1.54, 1.807) is 6.07 Å². The molecule has 0 unspecified atom stereocenters. The molecule has 4 heteroatoms. The van der Waals surface area contributed by atoms with E-state index in [0.29, 0.717) is 5.56 Å². The second-order valence-corrected chi connectivity index (χ2v) is 4.82. The number of rotatable bonds is 2. The first kappa shape index (κ1) is 11.9. The number of nitrogens with zero attached hydrogens (tertiary/aromatic N) is 1. The van der Waals surface area contributed by atoms with Crippen molar-refractivity contribution in [1.82, 2.24) is 4.57 Å². The van der Waals surface area contributed by atoms with Crippen molar-refractivity contribution in [2.24, 2.45) is 7.05 Å². The summed E-state index contributed by atoms with van der Waals surface area (Å²) in [6, 6.07) is 9.52. The Labute approximate surface area is 108 Å². The zero-order valence-corrected chi connectivity index (χ0v) is 11.2. The van der Waals surface area contributed by atoms with Crippen molar-refractivity contribution in [2.45, 2.75) is 6.92 Å². The summed E-state index contributed by atoms with van der Waals surface area (Å²) in [5.74, 6) is -0.888. The monoisotopic (exact) mass is 293 g/mol. The Morgan fingerprint density at radius 3 is 2.35 bits per heavy atom. The van der Waals surface area contributed by atoms with Gasteiger partial charge in [-0.2, -0.15) is 0 Å². The molecule has 1 N–H and O–H groups in total. The fourth-order valence-electron chi connectivity index (χ4n) is 1.81. The lowest BCUT2D eigenvalue weighted by atomic mass is 10.1. The maximum absolute atomic E-state index is 11.1. The van der Waals surface area contributed by atoms with Crippen LogP contribution in [0.2, 0.25) is 0 Å². The van der Waals surface area contributed by atoms with Gasteiger partial charge in [0.15, 0.2) is 0 Å². The number of aromatic carboxylic acids is 1. The quantitative estimate of drug-likeness (QED) is 0.921. The molecular formula is C13H12BrNO2. The second kappa shape index (κ2) is 4.37. The predicted octanol–water partition coefficient (Wildman–Crippen LogP) is 3.46. The molecule has 0 spiro atoms. The van der Waals surface area contributed by atoms with Crippen LogP contribution in [-0.4, -0.2) is 15.6 Å². The van der Waals surface area contributed by atoms with E-state index in [1.165, 1.54) is 0 Å². The first-order chi connectivity index (χ1) is 8.00. The van der Waals surface area contributed by atoms with Crippen molar-refractivity contribution in [3.05, 3.63) is 46.1 Å². The number of carboxylic acid groups (broad SMARTS) is 1. The van der Waals surface area contributed by atoms with Gasteiger partial charge >= 0.3 is 5.97 Å². The van der Waals surface area contributed by atoms with Gasteiger partial charge < -0.3 is 9.67 Å². The van der Waals surface area contributed by atoms with Gasteiger partial charge in [0.25, 0.3) is 0 Å². The van der Waals surface area contributed by atoms with E-state index in [-0.39, 0.29) is 0 Å². The Kier molecular flexibility index (Phi) is 3.07. The zero-order valence-electron chi connectivity index (χ0n) is 9.57. The van der Waals surface area contributed by atoms with E-state index >= 15 is 0 Å². The molecule has 2 rings (SSSR count). The SMILES string of the molecule is Cc1c(C(=O)O)cc(-c2ccc(Br)cc2)n1C. The summed E-state index contributed by atoms with van der Waals surface area (Å²) in [6.07, 6.45) is 0. The largest absolute Gasteiger partial charge is 0.478 e. The number of halogens is 1. The molecule has 1 aromatic carbocycles. The van der Waals surface area contributed by atoms with Crippen LogP contribution >= 0.6 is 15.9 Å². The van der Waals surface area contributed by atoms with Gasteiger partial charge in [-0.25, -0.2) is 4.79 Å². The molecule has 88 valence electrons. The Bertz CT molecular complexity index is 570. The fourth-order valence-corrected chi connectivity index (χ4v) is 2.08. The lowest BCUT2D eigenvalue weighted by Crippen LogP contribution is -1.99. The summed E-state index contributed by atoms with van der Waals surface area (Å²) in [7, 11) is 1.87. The number of carbonyl (C=O) groups is 1. The third kappa shape index (κ3) is 2.13. The maximum atomic E-state index is 11.1. The lowest BCUT2D eigenvalue weighted by Gasteiger charge is -2.05. The standard InChI is InChI=1S/C13H12BrNO2/c1-8-11(13(16)17)7-12(15(8)2)9-3-5-10(14)6-4-9/h3-7H,1-2H3,(H,16,17). The lowest BCUT2D eigenvalue weighted by molar-refractivity contribution is 0.0696. The molecule has 0 aliphatic heterocycles. The van der Waals surface area contributed by atoms with E-state index in [4.69, 9.17) is 5.11 Å². The van der Waals surface area contributed by atoms with Crippen molar-refractivity contribution in [2.75, 3.05) is 0 Å². The van der Waals surface area contributed by atoms with Crippen LogP contribution in [0, 0.1) is 6.92 Å². The first-order valence-electron chi connectivity index (χ1n) is 5.16. The Balaban J connectivity index is 2.56. The Hall–Kier alpha value is -1.55. The molecule has 0 bridgehead atoms. The molecule has 0 atom stereocenters. The van der Waals surface area contributed by atoms with Crippen LogP contribution in [0.25, 0.3) is 11.3 Å². The fraction of sp³-hybridized carbons (Fsp3) is 0.154. The van der Waals surface area contributed by atoms with E-state index < -0.39 is 5.97 Å². The van der Waals surface area contributed by atoms with Crippen molar-refractivity contribution in [1.29, 1.82) is 0 Å². The highest BCUT2D eigenvalue weighted by Gasteiger charge is 2.15. The van der Waals surface area contributed by atoms with Gasteiger partial charge in [-0.05, 0) is 30.7 Å². The van der Waals surface area contributed by atoms with Gasteiger partial charge in [-0.1, -0.05) is 28.1 Å². The third-order valence-corrected chi connectivity index (χ3v) is 3.43. The molecule has 1 aromatic heterocycles. The highest BCUT2D eigenvalue weighted by atomic mass is 79.9. The van der Waals surface area contributed by atoms with Crippen LogP contribution in [-0.2, 0) is 7.05 Å². The first-order valence-corrected chi connectivity index (χ1v) is 5.95. The van der Waals surface area contributed by atoms with Crippen LogP contribution in [0.1, 0.15) is 16.1 Å². The Morgan fingerprint density at radius 2 is 1.88 bits per heavy atom. The summed E-state index contributed by atoms with van der Waals surface area (Å²) in [5.41, 5.74) is 3.03. The third-order valence-electron chi connectivity index (χ3n) is 2.91. The Morgan fingerprint density at radius 1 is 1.29 bits per heavy atom. The summed E-state index contributed by atoms with van der Waals surface area (Å²) >= 11 is 3.38. The number of hydrogen-bond donors (Lipinski definition) is 1. The van der Waals surface area contributed by atoms with E-state index in [2.05, 4.69) is 15.9 Å². The summed E-state index contributed by atoms with van der Waals surface area (Å²) in [5, 5.41) is 9.07. The van der Waals surface area contributed by atoms with Gasteiger partial charge in [0.2, 0.25) is 0 Å². The molecule has 1 heterocycles. The summed E-state index contributed by atoms with van der Waals surface area (Å²) < 4.78 is 2.90. The normalized spacial score (nSPS) is 10.5. The van der Waals surface area contributed by atoms with Crippen molar-refractivity contribution < 1.29 is 9.90 Å². The number of carboxylic acids is 1. The minimum absolute atomic E-state index is 0.352. The molecule has 0 saturated carbocycles. The van der Waals surface area contributed by atoms with Crippen LogP contribution in [0.4, 0.5) is 0 Å². The topological polar surface area (TPSA) is 42.2 Å². The van der Waals surface area contributed by atoms with Crippen molar-refractivity contribution in [3.63, 3.8) is 0 Å². The minimum atomic E-state index is -0.888. The second-order valence-electron chi connectivity index (χ2n) is 3.90. The highest BCUT2D eigenvalue weighted by Crippen LogP contribution is 2.26.